The van der Waals surface area contributed by atoms with Gasteiger partial charge in [-0.05, 0) is 44.5 Å². The molecule has 0 unspecified atom stereocenters. The molecule has 2 aliphatic rings. The Kier molecular flexibility index (Phi) is 6.12. The van der Waals surface area contributed by atoms with E-state index >= 15 is 0 Å². The third kappa shape index (κ3) is 4.47. The highest BCUT2D eigenvalue weighted by Crippen LogP contribution is 2.26. The van der Waals surface area contributed by atoms with Gasteiger partial charge in [0.1, 0.15) is 5.69 Å². The Labute approximate surface area is 164 Å². The molecule has 6 nitrogen and oxygen atoms in total. The van der Waals surface area contributed by atoms with Gasteiger partial charge in [-0.25, -0.2) is 4.39 Å². The first-order valence-electron chi connectivity index (χ1n) is 10.3. The summed E-state index contributed by atoms with van der Waals surface area (Å²) in [5.41, 5.74) is 1.18. The molecule has 0 aliphatic carbocycles. The average Bonchev–Trinajstić information content (AvgIpc) is 3.14. The van der Waals surface area contributed by atoms with E-state index in [0.29, 0.717) is 49.5 Å². The van der Waals surface area contributed by atoms with Crippen molar-refractivity contribution in [1.82, 2.24) is 14.8 Å². The number of aromatic amines is 1. The number of nitrogens with one attached hydrogen (secondary N) is 1. The van der Waals surface area contributed by atoms with Gasteiger partial charge in [0.2, 0.25) is 0 Å². The molecule has 0 saturated carbocycles. The number of hydrogen-bond acceptors (Lipinski definition) is 4. The molecule has 1 aromatic carbocycles. The van der Waals surface area contributed by atoms with Gasteiger partial charge in [-0.3, -0.25) is 4.79 Å². The SMILES string of the molecule is O=C(c1cc2cc(F)c(OCCCN3CCCCC3)cc2[nH]1)N1CCOCC1. The Morgan fingerprint density at radius 3 is 2.68 bits per heavy atom. The molecular weight excluding hydrogens is 361 g/mol. The van der Waals surface area contributed by atoms with Crippen LogP contribution in [0.3, 0.4) is 0 Å². The lowest BCUT2D eigenvalue weighted by Crippen LogP contribution is -2.40. The van der Waals surface area contributed by atoms with Crippen molar-refractivity contribution >= 4 is 16.8 Å². The second-order valence-corrected chi connectivity index (χ2v) is 7.56. The number of rotatable bonds is 6. The van der Waals surface area contributed by atoms with Gasteiger partial charge in [0.15, 0.2) is 11.6 Å². The number of amides is 1. The number of ether oxygens (including phenoxy) is 2. The third-order valence-electron chi connectivity index (χ3n) is 5.53. The zero-order valence-corrected chi connectivity index (χ0v) is 16.2. The standard InChI is InChI=1S/C21H28FN3O3/c22-17-13-16-14-19(21(26)25-8-11-27-12-9-25)23-18(16)15-20(17)28-10-4-7-24-5-2-1-3-6-24/h13-15,23H,1-12H2. The molecule has 7 heteroatoms. The Bertz CT molecular complexity index is 811. The van der Waals surface area contributed by atoms with Gasteiger partial charge in [0, 0.05) is 36.6 Å². The summed E-state index contributed by atoms with van der Waals surface area (Å²) in [5, 5.41) is 0.676. The van der Waals surface area contributed by atoms with E-state index in [1.165, 1.54) is 25.3 Å². The number of morpholine rings is 1. The second kappa shape index (κ2) is 8.92. The number of likely N-dealkylation sites (tertiary alicyclic amines) is 1. The maximum absolute atomic E-state index is 14.4. The molecule has 0 radical (unpaired) electrons. The molecule has 2 aromatic rings. The summed E-state index contributed by atoms with van der Waals surface area (Å²) in [7, 11) is 0. The van der Waals surface area contributed by atoms with Gasteiger partial charge in [0.25, 0.3) is 5.91 Å². The van der Waals surface area contributed by atoms with Crippen molar-refractivity contribution in [1.29, 1.82) is 0 Å². The number of piperidine rings is 1. The summed E-state index contributed by atoms with van der Waals surface area (Å²) >= 11 is 0. The summed E-state index contributed by atoms with van der Waals surface area (Å²) in [6.07, 6.45) is 4.74. The lowest BCUT2D eigenvalue weighted by Gasteiger charge is -2.26. The van der Waals surface area contributed by atoms with Crippen molar-refractivity contribution in [2.24, 2.45) is 0 Å². The number of hydrogen-bond donors (Lipinski definition) is 1. The van der Waals surface area contributed by atoms with E-state index < -0.39 is 5.82 Å². The first-order chi connectivity index (χ1) is 13.7. The molecule has 1 N–H and O–H groups in total. The molecule has 0 spiro atoms. The lowest BCUT2D eigenvalue weighted by molar-refractivity contribution is 0.0299. The van der Waals surface area contributed by atoms with Gasteiger partial charge < -0.3 is 24.3 Å². The number of carbonyl (C=O) groups is 1. The van der Waals surface area contributed by atoms with Crippen LogP contribution in [0.5, 0.6) is 5.75 Å². The summed E-state index contributed by atoms with van der Waals surface area (Å²) in [6, 6.07) is 4.79. The van der Waals surface area contributed by atoms with Crippen LogP contribution in [-0.4, -0.2) is 73.2 Å². The number of nitrogens with zero attached hydrogens (tertiary/aromatic N) is 2. The monoisotopic (exact) mass is 389 g/mol. The quantitative estimate of drug-likeness (QED) is 0.772. The average molecular weight is 389 g/mol. The summed E-state index contributed by atoms with van der Waals surface area (Å²) in [6.45, 7) is 6.04. The van der Waals surface area contributed by atoms with Crippen LogP contribution in [0, 0.1) is 5.82 Å². The predicted molar refractivity (Wildman–Crippen MR) is 105 cm³/mol. The van der Waals surface area contributed by atoms with E-state index in [9.17, 15) is 9.18 Å². The van der Waals surface area contributed by atoms with Gasteiger partial charge in [-0.15, -0.1) is 0 Å². The van der Waals surface area contributed by atoms with Crippen molar-refractivity contribution in [2.45, 2.75) is 25.7 Å². The van der Waals surface area contributed by atoms with Crippen LogP contribution >= 0.6 is 0 Å². The van der Waals surface area contributed by atoms with Crippen molar-refractivity contribution in [3.8, 4) is 5.75 Å². The fourth-order valence-corrected chi connectivity index (χ4v) is 3.95. The summed E-state index contributed by atoms with van der Waals surface area (Å²) in [4.78, 5) is 19.9. The second-order valence-electron chi connectivity index (χ2n) is 7.56. The largest absolute Gasteiger partial charge is 0.490 e. The Morgan fingerprint density at radius 2 is 1.89 bits per heavy atom. The number of halogens is 1. The van der Waals surface area contributed by atoms with Crippen molar-refractivity contribution < 1.29 is 18.7 Å². The normalized spacial score (nSPS) is 18.5. The molecule has 0 bridgehead atoms. The van der Waals surface area contributed by atoms with Gasteiger partial charge in [-0.1, -0.05) is 6.42 Å². The van der Waals surface area contributed by atoms with E-state index in [1.807, 2.05) is 0 Å². The Hall–Kier alpha value is -2.12. The minimum atomic E-state index is -0.394. The molecule has 28 heavy (non-hydrogen) atoms. The van der Waals surface area contributed by atoms with Crippen LogP contribution in [0.2, 0.25) is 0 Å². The first kappa shape index (κ1) is 19.2. The highest BCUT2D eigenvalue weighted by molar-refractivity contribution is 5.98. The van der Waals surface area contributed by atoms with Crippen LogP contribution in [0.25, 0.3) is 10.9 Å². The number of benzene rings is 1. The van der Waals surface area contributed by atoms with E-state index in [1.54, 1.807) is 17.0 Å². The molecule has 2 aliphatic heterocycles. The van der Waals surface area contributed by atoms with Gasteiger partial charge in [0.05, 0.1) is 19.8 Å². The molecule has 2 saturated heterocycles. The zero-order chi connectivity index (χ0) is 19.3. The van der Waals surface area contributed by atoms with Crippen LogP contribution in [0.15, 0.2) is 18.2 Å². The fraction of sp³-hybridized carbons (Fsp3) is 0.571. The molecule has 1 aromatic heterocycles. The minimum absolute atomic E-state index is 0.0797. The number of aromatic nitrogens is 1. The predicted octanol–water partition coefficient (Wildman–Crippen LogP) is 3.03. The highest BCUT2D eigenvalue weighted by atomic mass is 19.1. The van der Waals surface area contributed by atoms with Crippen LogP contribution in [0.1, 0.15) is 36.2 Å². The smallest absolute Gasteiger partial charge is 0.270 e. The minimum Gasteiger partial charge on any atom is -0.490 e. The number of carbonyl (C=O) groups excluding carboxylic acids is 1. The van der Waals surface area contributed by atoms with Crippen molar-refractivity contribution in [3.63, 3.8) is 0 Å². The topological polar surface area (TPSA) is 57.8 Å². The molecule has 2 fully saturated rings. The zero-order valence-electron chi connectivity index (χ0n) is 16.2. The van der Waals surface area contributed by atoms with Crippen LogP contribution in [0.4, 0.5) is 4.39 Å². The third-order valence-corrected chi connectivity index (χ3v) is 5.53. The summed E-state index contributed by atoms with van der Waals surface area (Å²) in [5.74, 6) is -0.239. The summed E-state index contributed by atoms with van der Waals surface area (Å²) < 4.78 is 25.4. The molecule has 1 amide bonds. The van der Waals surface area contributed by atoms with Crippen LogP contribution in [-0.2, 0) is 4.74 Å². The van der Waals surface area contributed by atoms with E-state index in [0.717, 1.165) is 26.1 Å². The van der Waals surface area contributed by atoms with Crippen molar-refractivity contribution in [3.05, 3.63) is 29.7 Å². The number of H-pyrrole nitrogens is 1. The lowest BCUT2D eigenvalue weighted by atomic mass is 10.1. The molecule has 4 rings (SSSR count). The van der Waals surface area contributed by atoms with E-state index in [2.05, 4.69) is 9.88 Å². The fourth-order valence-electron chi connectivity index (χ4n) is 3.95. The maximum Gasteiger partial charge on any atom is 0.270 e. The molecule has 152 valence electrons. The molecule has 3 heterocycles. The first-order valence-corrected chi connectivity index (χ1v) is 10.3. The Morgan fingerprint density at radius 1 is 1.11 bits per heavy atom. The Balaban J connectivity index is 1.37. The van der Waals surface area contributed by atoms with E-state index in [4.69, 9.17) is 9.47 Å². The van der Waals surface area contributed by atoms with Crippen LogP contribution < -0.4 is 4.74 Å². The number of fused-ring (bicyclic) bond motifs is 1. The maximum atomic E-state index is 14.4. The van der Waals surface area contributed by atoms with Gasteiger partial charge in [-0.2, -0.15) is 0 Å². The molecule has 0 atom stereocenters. The highest BCUT2D eigenvalue weighted by Gasteiger charge is 2.21. The van der Waals surface area contributed by atoms with Crippen molar-refractivity contribution in [2.75, 3.05) is 52.5 Å². The van der Waals surface area contributed by atoms with Gasteiger partial charge >= 0.3 is 0 Å². The van der Waals surface area contributed by atoms with E-state index in [-0.39, 0.29) is 11.7 Å². The molecular formula is C21H28FN3O3.